The number of nitrogens with zero attached hydrogens (tertiary/aromatic N) is 5. The molecule has 7 rings (SSSR count). The van der Waals surface area contributed by atoms with Crippen LogP contribution in [0.3, 0.4) is 0 Å². The lowest BCUT2D eigenvalue weighted by molar-refractivity contribution is -0.693. The van der Waals surface area contributed by atoms with Crippen LogP contribution in [0.25, 0.3) is 33.3 Å². The quantitative estimate of drug-likeness (QED) is 0.0974. The van der Waals surface area contributed by atoms with Gasteiger partial charge in [-0.1, -0.05) is 70.7 Å². The van der Waals surface area contributed by atoms with Gasteiger partial charge in [0.2, 0.25) is 17.7 Å². The Morgan fingerprint density at radius 3 is 2.46 bits per heavy atom. The van der Waals surface area contributed by atoms with E-state index < -0.39 is 41.3 Å². The van der Waals surface area contributed by atoms with Crippen molar-refractivity contribution in [3.63, 3.8) is 0 Å². The van der Waals surface area contributed by atoms with Crippen LogP contribution in [0.15, 0.2) is 73.3 Å². The number of phenolic OH excluding ortho intramolecular Hbond substituents is 1. The van der Waals surface area contributed by atoms with Gasteiger partial charge in [-0.3, -0.25) is 19.2 Å². The molecule has 0 spiro atoms. The van der Waals surface area contributed by atoms with Gasteiger partial charge in [-0.05, 0) is 103 Å². The van der Waals surface area contributed by atoms with E-state index in [-0.39, 0.29) is 49.0 Å². The van der Waals surface area contributed by atoms with E-state index in [4.69, 9.17) is 9.47 Å². The van der Waals surface area contributed by atoms with Crippen molar-refractivity contribution >= 4 is 47.2 Å². The van der Waals surface area contributed by atoms with Gasteiger partial charge in [0.25, 0.3) is 11.9 Å². The number of ether oxygens (including phenoxy) is 2. The predicted octanol–water partition coefficient (Wildman–Crippen LogP) is 6.57. The van der Waals surface area contributed by atoms with Crippen molar-refractivity contribution in [2.45, 2.75) is 104 Å². The number of cyclic esters (lactones) is 1. The molecule has 362 valence electrons. The van der Waals surface area contributed by atoms with Crippen molar-refractivity contribution < 1.29 is 43.2 Å². The van der Waals surface area contributed by atoms with E-state index in [0.717, 1.165) is 50.8 Å². The van der Waals surface area contributed by atoms with Crippen LogP contribution < -0.4 is 5.32 Å². The second kappa shape index (κ2) is 20.9. The van der Waals surface area contributed by atoms with Gasteiger partial charge in [-0.25, -0.2) is 4.79 Å². The molecule has 14 nitrogen and oxygen atoms in total. The fraction of sp³-hybridized carbons (Fsp3) is 0.481. The molecule has 3 aliphatic rings. The number of aryl methyl sites for hydroxylation is 1. The predicted molar refractivity (Wildman–Crippen MR) is 263 cm³/mol. The minimum Gasteiger partial charge on any atom is -0.508 e. The van der Waals surface area contributed by atoms with Gasteiger partial charge in [-0.15, -0.1) is 9.69 Å². The van der Waals surface area contributed by atoms with E-state index in [1.165, 1.54) is 20.7 Å². The molecule has 0 aliphatic carbocycles. The van der Waals surface area contributed by atoms with Crippen LogP contribution >= 0.6 is 0 Å². The second-order valence-corrected chi connectivity index (χ2v) is 19.8. The van der Waals surface area contributed by atoms with Crippen molar-refractivity contribution in [2.75, 3.05) is 47.0 Å². The number of methoxy groups -OCH3 is 1. The zero-order valence-corrected chi connectivity index (χ0v) is 40.9. The van der Waals surface area contributed by atoms with Gasteiger partial charge in [0, 0.05) is 74.4 Å². The molecule has 2 N–H and O–H groups in total. The molecular formula is C54H69N6O8+. The van der Waals surface area contributed by atoms with E-state index in [1.807, 2.05) is 26.0 Å². The molecule has 14 heteroatoms. The van der Waals surface area contributed by atoms with Gasteiger partial charge in [0.15, 0.2) is 6.72 Å². The number of hydrogen-bond donors (Lipinski definition) is 2. The first-order valence-electron chi connectivity index (χ1n) is 24.1. The van der Waals surface area contributed by atoms with Gasteiger partial charge >= 0.3 is 5.97 Å². The van der Waals surface area contributed by atoms with Crippen LogP contribution in [0.5, 0.6) is 5.75 Å². The Bertz CT molecular complexity index is 2590. The number of esters is 1. The van der Waals surface area contributed by atoms with E-state index in [9.17, 15) is 29.1 Å². The number of likely N-dealkylation sites (N-methyl/N-ethyl adjacent to an activating group) is 1. The molecule has 0 unspecified atom stereocenters. The summed E-state index contributed by atoms with van der Waals surface area (Å²) in [6, 6.07) is 17.0. The van der Waals surface area contributed by atoms with Crippen molar-refractivity contribution in [1.82, 2.24) is 24.7 Å². The molecule has 4 aromatic rings. The Hall–Kier alpha value is -6.28. The highest BCUT2D eigenvalue weighted by molar-refractivity contribution is 5.96. The number of carbonyl (C=O) groups is 5. The summed E-state index contributed by atoms with van der Waals surface area (Å²) in [7, 11) is 3.32. The van der Waals surface area contributed by atoms with Crippen molar-refractivity contribution in [1.29, 1.82) is 0 Å². The molecule has 2 fully saturated rings. The number of fused-ring (bicyclic) bond motifs is 6. The Kier molecular flexibility index (Phi) is 15.3. The monoisotopic (exact) mass is 930 g/mol. The van der Waals surface area contributed by atoms with Crippen LogP contribution in [0.2, 0.25) is 0 Å². The van der Waals surface area contributed by atoms with Crippen LogP contribution in [-0.4, -0.2) is 131 Å². The lowest BCUT2D eigenvalue weighted by Gasteiger charge is -2.37. The highest BCUT2D eigenvalue weighted by Crippen LogP contribution is 2.42. The first-order chi connectivity index (χ1) is 32.5. The Balaban J connectivity index is 1.30. The lowest BCUT2D eigenvalue weighted by Crippen LogP contribution is -2.60. The number of rotatable bonds is 11. The topological polar surface area (TPSA) is 154 Å². The number of hydrogen-bond acceptors (Lipinski definition) is 8. The molecule has 0 saturated carbocycles. The minimum absolute atomic E-state index is 0.00411. The molecule has 0 radical (unpaired) electrons. The third-order valence-electron chi connectivity index (χ3n) is 14.0. The van der Waals surface area contributed by atoms with Gasteiger partial charge in [0.1, 0.15) is 17.8 Å². The summed E-state index contributed by atoms with van der Waals surface area (Å²) >= 11 is 0. The summed E-state index contributed by atoms with van der Waals surface area (Å²) in [5.74, 6) is -2.61. The molecule has 1 aromatic heterocycles. The SMILES string of the molecule is C=CC(=O)N1CCC(C(=O)N(C)[C@H](C(=O)N[C@H]2Cc3cc(O)cc(c3)-c3ccc4c(c3)c(c(-c3ccccc3CCOC)n4CC)CC(C)(C)COC(=O)[C@@H]3CCCN(C2=O)[N+]3=C)C(C)C)CC1. The van der Waals surface area contributed by atoms with E-state index in [2.05, 4.69) is 80.3 Å². The molecule has 6 bridgehead atoms. The van der Waals surface area contributed by atoms with Crippen LogP contribution in [0.4, 0.5) is 0 Å². The number of likely N-dealkylation sites (tertiary alicyclic amines) is 1. The molecule has 3 aliphatic heterocycles. The van der Waals surface area contributed by atoms with Crippen LogP contribution in [0.1, 0.15) is 77.0 Å². The number of nitrogens with one attached hydrogen (secondary N) is 1. The molecule has 4 amide bonds. The van der Waals surface area contributed by atoms with Crippen molar-refractivity contribution in [2.24, 2.45) is 17.3 Å². The largest absolute Gasteiger partial charge is 0.508 e. The molecule has 2 saturated heterocycles. The Morgan fingerprint density at radius 1 is 1.03 bits per heavy atom. The zero-order valence-electron chi connectivity index (χ0n) is 40.9. The number of hydrazone groups is 1. The van der Waals surface area contributed by atoms with Crippen LogP contribution in [-0.2, 0) is 59.3 Å². The standard InChI is InChI=1S/C54H68N6O8/c1-10-47(62)58-24-20-37(21-25-58)51(64)56(7)48(34(3)4)50(63)55-44-29-35-27-39(30-40(61)28-35)38-18-19-45-42(31-38)43(49(59(45)11-2)41-16-13-12-15-36(41)22-26-67-9)32-54(5,6)33-68-53(66)46-17-14-23-60(52(44)65)57(46)8/h10,12-13,15-16,18-19,27-28,30-31,34,37,44,46,48H,1,8,11,14,17,20-26,29,32-33H2,2-7,9H3,(H-,55,61,63)/p+1/t44-,46-,48-/m0/s1. The average molecular weight is 930 g/mol. The fourth-order valence-corrected chi connectivity index (χ4v) is 10.5. The maximum atomic E-state index is 14.9. The molecular weight excluding hydrogens is 861 g/mol. The van der Waals surface area contributed by atoms with E-state index >= 15 is 0 Å². The number of carbonyl (C=O) groups excluding carboxylic acids is 5. The maximum Gasteiger partial charge on any atom is 0.378 e. The van der Waals surface area contributed by atoms with E-state index in [0.29, 0.717) is 63.9 Å². The summed E-state index contributed by atoms with van der Waals surface area (Å²) in [6.45, 7) is 20.3. The first-order valence-corrected chi connectivity index (χ1v) is 24.1. The summed E-state index contributed by atoms with van der Waals surface area (Å²) < 4.78 is 15.4. The number of hydrazine groups is 1. The molecule has 68 heavy (non-hydrogen) atoms. The highest BCUT2D eigenvalue weighted by Gasteiger charge is 2.45. The number of aromatic hydroxyl groups is 1. The minimum atomic E-state index is -1.18. The summed E-state index contributed by atoms with van der Waals surface area (Å²) in [6.07, 6.45) is 4.37. The van der Waals surface area contributed by atoms with Gasteiger partial charge < -0.3 is 34.3 Å². The lowest BCUT2D eigenvalue weighted by atomic mass is 9.83. The average Bonchev–Trinajstić information content (AvgIpc) is 3.62. The molecule has 4 heterocycles. The number of phenols is 1. The third kappa shape index (κ3) is 10.4. The first kappa shape index (κ1) is 49.6. The van der Waals surface area contributed by atoms with Crippen molar-refractivity contribution in [3.8, 4) is 28.1 Å². The van der Waals surface area contributed by atoms with Gasteiger partial charge in [-0.2, -0.15) is 0 Å². The number of piperidine rings is 1. The van der Waals surface area contributed by atoms with Crippen molar-refractivity contribution in [3.05, 3.63) is 90.0 Å². The number of aromatic nitrogens is 1. The Labute approximate surface area is 400 Å². The van der Waals surface area contributed by atoms with Crippen LogP contribution in [0, 0.1) is 17.3 Å². The fourth-order valence-electron chi connectivity index (χ4n) is 10.5. The molecule has 3 aromatic carbocycles. The normalized spacial score (nSPS) is 19.6. The van der Waals surface area contributed by atoms with Gasteiger partial charge in [0.05, 0.1) is 25.5 Å². The number of benzene rings is 3. The second-order valence-electron chi connectivity index (χ2n) is 19.8. The molecule has 3 atom stereocenters. The third-order valence-corrected chi connectivity index (χ3v) is 14.0. The van der Waals surface area contributed by atoms with E-state index in [1.54, 1.807) is 31.2 Å². The Morgan fingerprint density at radius 2 is 1.76 bits per heavy atom. The maximum absolute atomic E-state index is 14.9. The number of amides is 4. The summed E-state index contributed by atoms with van der Waals surface area (Å²) in [4.78, 5) is 73.1. The summed E-state index contributed by atoms with van der Waals surface area (Å²) in [5.41, 5.74) is 7.17. The highest BCUT2D eigenvalue weighted by atomic mass is 16.5. The zero-order chi connectivity index (χ0) is 49.0. The smallest absolute Gasteiger partial charge is 0.378 e. The summed E-state index contributed by atoms with van der Waals surface area (Å²) in [5, 5.41) is 16.9.